The van der Waals surface area contributed by atoms with E-state index in [9.17, 15) is 4.79 Å². The fourth-order valence-electron chi connectivity index (χ4n) is 1.88. The zero-order valence-corrected chi connectivity index (χ0v) is 9.58. The maximum Gasteiger partial charge on any atom is 0.323 e. The summed E-state index contributed by atoms with van der Waals surface area (Å²) in [5, 5.41) is 10.9. The maximum absolute atomic E-state index is 11.5. The summed E-state index contributed by atoms with van der Waals surface area (Å²) in [6.45, 7) is 2.45. The molecule has 1 unspecified atom stereocenters. The first kappa shape index (κ1) is 11.0. The van der Waals surface area contributed by atoms with E-state index in [0.29, 0.717) is 11.6 Å². The molecule has 4 nitrogen and oxygen atoms in total. The molecule has 1 fully saturated rings. The predicted octanol–water partition coefficient (Wildman–Crippen LogP) is 2.40. The van der Waals surface area contributed by atoms with Crippen LogP contribution in [0.5, 0.6) is 0 Å². The molecule has 2 amide bonds. The SMILES string of the molecule is CCN1C(=O)NC(=N)C1c1cccc(Cl)c1. The van der Waals surface area contributed by atoms with E-state index in [1.165, 1.54) is 0 Å². The first-order valence-electron chi connectivity index (χ1n) is 5.05. The van der Waals surface area contributed by atoms with Gasteiger partial charge in [-0.1, -0.05) is 23.7 Å². The molecule has 0 radical (unpaired) electrons. The second-order valence-electron chi connectivity index (χ2n) is 3.59. The molecule has 2 N–H and O–H groups in total. The minimum atomic E-state index is -0.337. The number of likely N-dealkylation sites (N-methyl/N-ethyl adjacent to an activating group) is 1. The smallest absolute Gasteiger partial charge is 0.310 e. The van der Waals surface area contributed by atoms with Gasteiger partial charge in [0.15, 0.2) is 0 Å². The third-order valence-electron chi connectivity index (χ3n) is 2.59. The average Bonchev–Trinajstić information content (AvgIpc) is 2.52. The van der Waals surface area contributed by atoms with Crippen molar-refractivity contribution < 1.29 is 4.79 Å². The summed E-state index contributed by atoms with van der Waals surface area (Å²) < 4.78 is 0. The Bertz CT molecular complexity index is 447. The van der Waals surface area contributed by atoms with E-state index >= 15 is 0 Å². The lowest BCUT2D eigenvalue weighted by Gasteiger charge is -2.21. The number of amides is 2. The quantitative estimate of drug-likeness (QED) is 0.815. The summed E-state index contributed by atoms with van der Waals surface area (Å²) in [6, 6.07) is 6.68. The summed E-state index contributed by atoms with van der Waals surface area (Å²) in [5.74, 6) is 0.203. The van der Waals surface area contributed by atoms with Crippen LogP contribution in [0.25, 0.3) is 0 Å². The average molecular weight is 238 g/mol. The highest BCUT2D eigenvalue weighted by Gasteiger charge is 2.35. The maximum atomic E-state index is 11.5. The Kier molecular flexibility index (Phi) is 2.83. The normalized spacial score (nSPS) is 20.1. The Morgan fingerprint density at radius 1 is 1.56 bits per heavy atom. The van der Waals surface area contributed by atoms with E-state index in [1.807, 2.05) is 19.1 Å². The van der Waals surface area contributed by atoms with Crippen LogP contribution < -0.4 is 5.32 Å². The molecule has 1 heterocycles. The second kappa shape index (κ2) is 4.14. The van der Waals surface area contributed by atoms with Crippen LogP contribution in [0, 0.1) is 5.41 Å². The fraction of sp³-hybridized carbons (Fsp3) is 0.273. The topological polar surface area (TPSA) is 56.2 Å². The van der Waals surface area contributed by atoms with Gasteiger partial charge in [0.25, 0.3) is 0 Å². The van der Waals surface area contributed by atoms with Gasteiger partial charge in [-0.15, -0.1) is 0 Å². The van der Waals surface area contributed by atoms with Crippen molar-refractivity contribution in [3.8, 4) is 0 Å². The van der Waals surface area contributed by atoms with Crippen LogP contribution in [0.3, 0.4) is 0 Å². The first-order valence-corrected chi connectivity index (χ1v) is 5.42. The highest BCUT2D eigenvalue weighted by atomic mass is 35.5. The van der Waals surface area contributed by atoms with Crippen molar-refractivity contribution in [2.75, 3.05) is 6.54 Å². The van der Waals surface area contributed by atoms with Gasteiger partial charge >= 0.3 is 6.03 Å². The first-order chi connectivity index (χ1) is 7.63. The van der Waals surface area contributed by atoms with E-state index in [2.05, 4.69) is 5.32 Å². The number of halogens is 1. The molecule has 1 atom stereocenters. The molecule has 1 aliphatic rings. The van der Waals surface area contributed by atoms with Crippen LogP contribution in [0.15, 0.2) is 24.3 Å². The van der Waals surface area contributed by atoms with Crippen LogP contribution in [0.4, 0.5) is 4.79 Å². The number of nitrogens with one attached hydrogen (secondary N) is 2. The summed E-state index contributed by atoms with van der Waals surface area (Å²) in [6.07, 6.45) is 0. The number of rotatable bonds is 2. The van der Waals surface area contributed by atoms with Crippen LogP contribution >= 0.6 is 11.6 Å². The zero-order valence-electron chi connectivity index (χ0n) is 8.83. The van der Waals surface area contributed by atoms with Crippen molar-refractivity contribution in [1.82, 2.24) is 10.2 Å². The van der Waals surface area contributed by atoms with Gasteiger partial charge in [-0.25, -0.2) is 4.79 Å². The number of carbonyl (C=O) groups is 1. The van der Waals surface area contributed by atoms with Crippen LogP contribution in [-0.4, -0.2) is 23.3 Å². The molecule has 84 valence electrons. The van der Waals surface area contributed by atoms with E-state index in [-0.39, 0.29) is 17.9 Å². The Morgan fingerprint density at radius 2 is 2.31 bits per heavy atom. The number of hydrogen-bond acceptors (Lipinski definition) is 2. The molecule has 0 spiro atoms. The minimum absolute atomic E-state index is 0.203. The van der Waals surface area contributed by atoms with Crippen LogP contribution in [0.2, 0.25) is 5.02 Å². The monoisotopic (exact) mass is 237 g/mol. The van der Waals surface area contributed by atoms with Gasteiger partial charge in [-0.2, -0.15) is 0 Å². The minimum Gasteiger partial charge on any atom is -0.310 e. The Balaban J connectivity index is 2.39. The molecule has 1 aliphatic heterocycles. The largest absolute Gasteiger partial charge is 0.323 e. The fourth-order valence-corrected chi connectivity index (χ4v) is 2.08. The lowest BCUT2D eigenvalue weighted by atomic mass is 10.1. The highest BCUT2D eigenvalue weighted by Crippen LogP contribution is 2.27. The van der Waals surface area contributed by atoms with E-state index in [0.717, 1.165) is 5.56 Å². The summed E-state index contributed by atoms with van der Waals surface area (Å²) in [4.78, 5) is 13.1. The van der Waals surface area contributed by atoms with Crippen molar-refractivity contribution in [1.29, 1.82) is 5.41 Å². The molecular weight excluding hydrogens is 226 g/mol. The lowest BCUT2D eigenvalue weighted by molar-refractivity contribution is 0.209. The van der Waals surface area contributed by atoms with Gasteiger partial charge in [0.05, 0.1) is 0 Å². The number of benzene rings is 1. The van der Waals surface area contributed by atoms with E-state index in [4.69, 9.17) is 17.0 Å². The molecule has 1 aromatic carbocycles. The number of hydrogen-bond donors (Lipinski definition) is 2. The zero-order chi connectivity index (χ0) is 11.7. The van der Waals surface area contributed by atoms with Crippen LogP contribution in [0.1, 0.15) is 18.5 Å². The van der Waals surface area contributed by atoms with Crippen molar-refractivity contribution in [3.63, 3.8) is 0 Å². The van der Waals surface area contributed by atoms with Gasteiger partial charge in [-0.3, -0.25) is 10.7 Å². The van der Waals surface area contributed by atoms with Gasteiger partial charge in [-0.05, 0) is 24.6 Å². The summed E-state index contributed by atoms with van der Waals surface area (Å²) in [5.41, 5.74) is 0.859. The summed E-state index contributed by atoms with van der Waals surface area (Å²) >= 11 is 5.90. The van der Waals surface area contributed by atoms with Crippen molar-refractivity contribution in [2.24, 2.45) is 0 Å². The van der Waals surface area contributed by atoms with Gasteiger partial charge in [0.1, 0.15) is 11.9 Å². The Hall–Kier alpha value is -1.55. The third kappa shape index (κ3) is 1.76. The van der Waals surface area contributed by atoms with Crippen molar-refractivity contribution >= 4 is 23.5 Å². The molecule has 0 aliphatic carbocycles. The number of carbonyl (C=O) groups excluding carboxylic acids is 1. The van der Waals surface area contributed by atoms with Gasteiger partial charge in [0.2, 0.25) is 0 Å². The Morgan fingerprint density at radius 3 is 2.94 bits per heavy atom. The molecule has 0 saturated carbocycles. The predicted molar refractivity (Wildman–Crippen MR) is 62.8 cm³/mol. The van der Waals surface area contributed by atoms with Crippen LogP contribution in [-0.2, 0) is 0 Å². The number of urea groups is 1. The molecule has 1 saturated heterocycles. The van der Waals surface area contributed by atoms with Gasteiger partial charge < -0.3 is 4.90 Å². The van der Waals surface area contributed by atoms with Crippen molar-refractivity contribution in [2.45, 2.75) is 13.0 Å². The standard InChI is InChI=1S/C11H12ClN3O/c1-2-15-9(10(13)14-11(15)16)7-4-3-5-8(12)6-7/h3-6,9H,2H2,1H3,(H2,13,14,16). The summed E-state index contributed by atoms with van der Waals surface area (Å²) in [7, 11) is 0. The molecule has 0 aromatic heterocycles. The molecule has 16 heavy (non-hydrogen) atoms. The van der Waals surface area contributed by atoms with E-state index in [1.54, 1.807) is 17.0 Å². The molecule has 5 heteroatoms. The lowest BCUT2D eigenvalue weighted by Crippen LogP contribution is -2.29. The van der Waals surface area contributed by atoms with E-state index < -0.39 is 0 Å². The second-order valence-corrected chi connectivity index (χ2v) is 4.02. The molecule has 2 rings (SSSR count). The third-order valence-corrected chi connectivity index (χ3v) is 2.83. The highest BCUT2D eigenvalue weighted by molar-refractivity contribution is 6.30. The molecule has 1 aromatic rings. The van der Waals surface area contributed by atoms with Gasteiger partial charge in [0, 0.05) is 11.6 Å². The molecule has 0 bridgehead atoms. The van der Waals surface area contributed by atoms with Crippen molar-refractivity contribution in [3.05, 3.63) is 34.9 Å². The number of amidine groups is 1. The Labute approximate surface area is 98.7 Å². The molecular formula is C11H12ClN3O. The number of nitrogens with zero attached hydrogens (tertiary/aromatic N) is 1.